The quantitative estimate of drug-likeness (QED) is 0.238. The van der Waals surface area contributed by atoms with Crippen LogP contribution in [0.2, 0.25) is 0 Å². The first-order chi connectivity index (χ1) is 16.1. The molecule has 0 radical (unpaired) electrons. The Hall–Kier alpha value is -3.50. The van der Waals surface area contributed by atoms with Gasteiger partial charge in [-0.3, -0.25) is 0 Å². The molecule has 166 valence electrons. The number of rotatable bonds is 6. The Kier molecular flexibility index (Phi) is 6.18. The van der Waals surface area contributed by atoms with Crippen LogP contribution in [0.5, 0.6) is 0 Å². The Bertz CT molecular complexity index is 1250. The van der Waals surface area contributed by atoms with Crippen molar-refractivity contribution in [3.63, 3.8) is 0 Å². The van der Waals surface area contributed by atoms with Crippen LogP contribution >= 0.6 is 24.0 Å². The predicted molar refractivity (Wildman–Crippen MR) is 131 cm³/mol. The molecular formula is C23H21N7OS2. The van der Waals surface area contributed by atoms with Crippen LogP contribution < -0.4 is 15.5 Å². The summed E-state index contributed by atoms with van der Waals surface area (Å²) in [5.41, 5.74) is 2.61. The first-order valence-corrected chi connectivity index (χ1v) is 11.6. The summed E-state index contributed by atoms with van der Waals surface area (Å²) < 4.78 is 5.58. The van der Waals surface area contributed by atoms with Gasteiger partial charge >= 0.3 is 0 Å². The van der Waals surface area contributed by atoms with Gasteiger partial charge in [-0.2, -0.15) is 4.98 Å². The monoisotopic (exact) mass is 475 g/mol. The minimum Gasteiger partial charge on any atom is -0.465 e. The Labute approximate surface area is 200 Å². The van der Waals surface area contributed by atoms with Crippen LogP contribution in [0.25, 0.3) is 0 Å². The average Bonchev–Trinajstić information content (AvgIpc) is 3.44. The van der Waals surface area contributed by atoms with Crippen LogP contribution in [0.1, 0.15) is 22.6 Å². The zero-order valence-corrected chi connectivity index (χ0v) is 19.5. The summed E-state index contributed by atoms with van der Waals surface area (Å²) in [6, 6.07) is 16.0. The second kappa shape index (κ2) is 9.55. The molecule has 1 aliphatic heterocycles. The van der Waals surface area contributed by atoms with Crippen LogP contribution in [0.3, 0.4) is 0 Å². The van der Waals surface area contributed by atoms with Crippen molar-refractivity contribution in [2.75, 3.05) is 10.2 Å². The number of nitrogens with one attached hydrogen (secondary N) is 2. The predicted octanol–water partition coefficient (Wildman–Crippen LogP) is 4.33. The SMILES string of the molecule is Cc1ccc(CNC(=S)Nc2nc(Sc3ncccn3)cc(N3Cc4ccccc4C3)n2)o1. The number of benzene rings is 1. The van der Waals surface area contributed by atoms with Crippen molar-refractivity contribution < 1.29 is 4.42 Å². The minimum absolute atomic E-state index is 0.412. The number of nitrogens with zero attached hydrogens (tertiary/aromatic N) is 5. The lowest BCUT2D eigenvalue weighted by molar-refractivity contribution is 0.478. The molecular weight excluding hydrogens is 454 g/mol. The van der Waals surface area contributed by atoms with E-state index >= 15 is 0 Å². The smallest absolute Gasteiger partial charge is 0.232 e. The van der Waals surface area contributed by atoms with Crippen molar-refractivity contribution in [3.05, 3.63) is 83.6 Å². The Morgan fingerprint density at radius 2 is 1.82 bits per heavy atom. The maximum atomic E-state index is 5.58. The molecule has 0 saturated heterocycles. The Morgan fingerprint density at radius 1 is 1.06 bits per heavy atom. The first-order valence-electron chi connectivity index (χ1n) is 10.4. The van der Waals surface area contributed by atoms with Crippen molar-refractivity contribution >= 4 is 40.9 Å². The lowest BCUT2D eigenvalue weighted by atomic mass is 10.1. The fourth-order valence-corrected chi connectivity index (χ4v) is 4.38. The van der Waals surface area contributed by atoms with Gasteiger partial charge in [-0.05, 0) is 60.2 Å². The first kappa shape index (κ1) is 21.4. The van der Waals surface area contributed by atoms with Gasteiger partial charge in [0.2, 0.25) is 5.95 Å². The highest BCUT2D eigenvalue weighted by atomic mass is 32.2. The van der Waals surface area contributed by atoms with Gasteiger partial charge in [0.1, 0.15) is 22.4 Å². The minimum atomic E-state index is 0.412. The van der Waals surface area contributed by atoms with Gasteiger partial charge in [0, 0.05) is 31.5 Å². The van der Waals surface area contributed by atoms with E-state index in [2.05, 4.69) is 54.8 Å². The zero-order valence-electron chi connectivity index (χ0n) is 17.9. The van der Waals surface area contributed by atoms with E-state index in [0.29, 0.717) is 22.8 Å². The second-order valence-corrected chi connectivity index (χ2v) is 8.86. The molecule has 0 bridgehead atoms. The van der Waals surface area contributed by atoms with E-state index in [4.69, 9.17) is 21.6 Å². The van der Waals surface area contributed by atoms with Gasteiger partial charge < -0.3 is 20.0 Å². The van der Waals surface area contributed by atoms with Crippen molar-refractivity contribution in [2.24, 2.45) is 0 Å². The molecule has 2 N–H and O–H groups in total. The number of aryl methyl sites for hydroxylation is 1. The van der Waals surface area contributed by atoms with Gasteiger partial charge in [-0.1, -0.05) is 24.3 Å². The van der Waals surface area contributed by atoms with Gasteiger partial charge in [0.15, 0.2) is 10.3 Å². The summed E-state index contributed by atoms with van der Waals surface area (Å²) in [6.45, 7) is 3.96. The molecule has 1 aliphatic rings. The fourth-order valence-electron chi connectivity index (χ4n) is 3.50. The standard InChI is InChI=1S/C23H21N7OS2/c1-15-7-8-18(31-15)12-26-22(32)29-21-27-19(30-13-16-5-2-3-6-17(16)14-30)11-20(28-21)33-23-24-9-4-10-25-23/h2-11H,12-14H2,1H3,(H2,26,27,28,29,32). The molecule has 0 aliphatic carbocycles. The topological polar surface area (TPSA) is 92.0 Å². The number of aromatic nitrogens is 4. The van der Waals surface area contributed by atoms with Crippen molar-refractivity contribution in [1.82, 2.24) is 25.3 Å². The van der Waals surface area contributed by atoms with E-state index in [9.17, 15) is 0 Å². The molecule has 0 atom stereocenters. The number of thiocarbonyl (C=S) groups is 1. The van der Waals surface area contributed by atoms with Crippen molar-refractivity contribution in [1.29, 1.82) is 0 Å². The molecule has 0 unspecified atom stereocenters. The normalized spacial score (nSPS) is 12.5. The van der Waals surface area contributed by atoms with E-state index in [1.54, 1.807) is 18.5 Å². The highest BCUT2D eigenvalue weighted by molar-refractivity contribution is 7.99. The largest absolute Gasteiger partial charge is 0.465 e. The summed E-state index contributed by atoms with van der Waals surface area (Å²) in [7, 11) is 0. The third-order valence-electron chi connectivity index (χ3n) is 5.04. The molecule has 5 rings (SSSR count). The molecule has 3 aromatic heterocycles. The molecule has 0 amide bonds. The lowest BCUT2D eigenvalue weighted by Gasteiger charge is -2.18. The number of hydrogen-bond acceptors (Lipinski definition) is 8. The molecule has 4 aromatic rings. The van der Waals surface area contributed by atoms with Crippen molar-refractivity contribution in [3.8, 4) is 0 Å². The molecule has 33 heavy (non-hydrogen) atoms. The van der Waals surface area contributed by atoms with Crippen LogP contribution in [0.15, 0.2) is 75.5 Å². The van der Waals surface area contributed by atoms with Crippen LogP contribution in [0.4, 0.5) is 11.8 Å². The van der Waals surface area contributed by atoms with Crippen LogP contribution in [-0.2, 0) is 19.6 Å². The second-order valence-electron chi connectivity index (χ2n) is 7.47. The molecule has 0 fully saturated rings. The van der Waals surface area contributed by atoms with E-state index in [1.165, 1.54) is 22.9 Å². The molecule has 8 nitrogen and oxygen atoms in total. The third-order valence-corrected chi connectivity index (χ3v) is 6.09. The zero-order chi connectivity index (χ0) is 22.6. The Morgan fingerprint density at radius 3 is 2.52 bits per heavy atom. The fraction of sp³-hybridized carbons (Fsp3) is 0.174. The van der Waals surface area contributed by atoms with E-state index in [0.717, 1.165) is 35.5 Å². The third kappa shape index (κ3) is 5.29. The molecule has 1 aromatic carbocycles. The summed E-state index contributed by atoms with van der Waals surface area (Å²) in [5, 5.41) is 8.00. The number of furan rings is 1. The van der Waals surface area contributed by atoms with E-state index in [1.807, 2.05) is 25.1 Å². The number of fused-ring (bicyclic) bond motifs is 1. The highest BCUT2D eigenvalue weighted by Crippen LogP contribution is 2.31. The van der Waals surface area contributed by atoms with E-state index in [-0.39, 0.29) is 0 Å². The highest BCUT2D eigenvalue weighted by Gasteiger charge is 2.21. The van der Waals surface area contributed by atoms with Gasteiger partial charge in [0.25, 0.3) is 0 Å². The number of hydrogen-bond donors (Lipinski definition) is 2. The van der Waals surface area contributed by atoms with Crippen LogP contribution in [-0.4, -0.2) is 25.0 Å². The summed E-state index contributed by atoms with van der Waals surface area (Å²) in [5.74, 6) is 2.89. The van der Waals surface area contributed by atoms with Crippen molar-refractivity contribution in [2.45, 2.75) is 36.7 Å². The average molecular weight is 476 g/mol. The molecule has 0 spiro atoms. The Balaban J connectivity index is 1.36. The summed E-state index contributed by atoms with van der Waals surface area (Å²) in [4.78, 5) is 20.2. The van der Waals surface area contributed by atoms with Gasteiger partial charge in [-0.15, -0.1) is 0 Å². The van der Waals surface area contributed by atoms with E-state index < -0.39 is 0 Å². The van der Waals surface area contributed by atoms with Gasteiger partial charge in [-0.25, -0.2) is 15.0 Å². The summed E-state index contributed by atoms with van der Waals surface area (Å²) in [6.07, 6.45) is 3.42. The molecule has 4 heterocycles. The molecule has 10 heteroatoms. The maximum absolute atomic E-state index is 5.58. The number of anilines is 2. The van der Waals surface area contributed by atoms with Crippen LogP contribution in [0, 0.1) is 6.92 Å². The maximum Gasteiger partial charge on any atom is 0.232 e. The van der Waals surface area contributed by atoms with Gasteiger partial charge in [0.05, 0.1) is 6.54 Å². The lowest BCUT2D eigenvalue weighted by Crippen LogP contribution is -2.29. The summed E-state index contributed by atoms with van der Waals surface area (Å²) >= 11 is 6.84. The molecule has 0 saturated carbocycles.